The van der Waals surface area contributed by atoms with Gasteiger partial charge in [0.15, 0.2) is 5.78 Å². The summed E-state index contributed by atoms with van der Waals surface area (Å²) in [6.45, 7) is 4.13. The van der Waals surface area contributed by atoms with E-state index >= 15 is 0 Å². The second kappa shape index (κ2) is 7.08. The molecule has 0 N–H and O–H groups in total. The number of carbonyl (C=O) groups is 1. The van der Waals surface area contributed by atoms with Crippen LogP contribution in [0.5, 0.6) is 0 Å². The van der Waals surface area contributed by atoms with Crippen LogP contribution >= 0.6 is 0 Å². The zero-order chi connectivity index (χ0) is 18.8. The lowest BCUT2D eigenvalue weighted by molar-refractivity contribution is 0.103. The normalized spacial score (nSPS) is 10.7. The first-order chi connectivity index (χ1) is 13.1. The molecule has 0 spiro atoms. The lowest BCUT2D eigenvalue weighted by atomic mass is 10.00. The van der Waals surface area contributed by atoms with Gasteiger partial charge in [-0.15, -0.1) is 0 Å². The van der Waals surface area contributed by atoms with E-state index in [2.05, 4.69) is 47.9 Å². The minimum absolute atomic E-state index is 0.0448. The van der Waals surface area contributed by atoms with E-state index in [4.69, 9.17) is 0 Å². The van der Waals surface area contributed by atoms with Crippen molar-refractivity contribution in [3.05, 3.63) is 113 Å². The van der Waals surface area contributed by atoms with Crippen LogP contribution < -0.4 is 0 Å². The molecule has 27 heavy (non-hydrogen) atoms. The third-order valence-electron chi connectivity index (χ3n) is 4.80. The first-order valence-corrected chi connectivity index (χ1v) is 9.10. The summed E-state index contributed by atoms with van der Waals surface area (Å²) in [5, 5.41) is 0. The second-order valence-electron chi connectivity index (χ2n) is 6.78. The van der Waals surface area contributed by atoms with Crippen molar-refractivity contribution in [1.29, 1.82) is 0 Å². The molecule has 1 heterocycles. The van der Waals surface area contributed by atoms with Gasteiger partial charge in [0.1, 0.15) is 0 Å². The van der Waals surface area contributed by atoms with Crippen LogP contribution in [0.3, 0.4) is 0 Å². The number of hydrogen-bond acceptors (Lipinski definition) is 1. The van der Waals surface area contributed by atoms with Crippen molar-refractivity contribution in [3.8, 4) is 16.9 Å². The summed E-state index contributed by atoms with van der Waals surface area (Å²) in [5.41, 5.74) is 6.71. The molecule has 0 aliphatic rings. The quantitative estimate of drug-likeness (QED) is 0.414. The van der Waals surface area contributed by atoms with Crippen LogP contribution in [0.25, 0.3) is 16.9 Å². The molecule has 0 aliphatic heterocycles. The fourth-order valence-corrected chi connectivity index (χ4v) is 3.46. The third-order valence-corrected chi connectivity index (χ3v) is 4.80. The molecule has 1 aromatic heterocycles. The molecule has 132 valence electrons. The fraction of sp³-hybridized carbons (Fsp3) is 0.0800. The first kappa shape index (κ1) is 17.0. The van der Waals surface area contributed by atoms with Crippen LogP contribution in [0, 0.1) is 13.8 Å². The molecule has 0 radical (unpaired) electrons. The molecule has 0 aliphatic carbocycles. The smallest absolute Gasteiger partial charge is 0.195 e. The van der Waals surface area contributed by atoms with Crippen LogP contribution in [0.4, 0.5) is 0 Å². The zero-order valence-corrected chi connectivity index (χ0v) is 15.5. The lowest BCUT2D eigenvalue weighted by Crippen LogP contribution is -2.05. The Bertz CT molecular complexity index is 1070. The van der Waals surface area contributed by atoms with Crippen molar-refractivity contribution < 1.29 is 4.79 Å². The van der Waals surface area contributed by atoms with Gasteiger partial charge >= 0.3 is 0 Å². The molecule has 0 saturated heterocycles. The highest BCUT2D eigenvalue weighted by Crippen LogP contribution is 2.32. The Hall–Kier alpha value is -3.39. The molecule has 2 nitrogen and oxygen atoms in total. The average Bonchev–Trinajstić information content (AvgIpc) is 3.06. The van der Waals surface area contributed by atoms with E-state index in [1.54, 1.807) is 0 Å². The minimum atomic E-state index is 0.0448. The van der Waals surface area contributed by atoms with E-state index in [-0.39, 0.29) is 5.78 Å². The van der Waals surface area contributed by atoms with Gasteiger partial charge < -0.3 is 4.57 Å². The van der Waals surface area contributed by atoms with Gasteiger partial charge in [-0.25, -0.2) is 0 Å². The SMILES string of the molecule is Cc1ccc(-n2c(C)cc(C(=O)c3ccccc3)c2-c2ccccc2)cc1. The lowest BCUT2D eigenvalue weighted by Gasteiger charge is -2.14. The maximum Gasteiger partial charge on any atom is 0.195 e. The molecule has 2 heteroatoms. The Balaban J connectivity index is 1.96. The topological polar surface area (TPSA) is 22.0 Å². The van der Waals surface area contributed by atoms with Crippen LogP contribution in [0.2, 0.25) is 0 Å². The Labute approximate surface area is 159 Å². The van der Waals surface area contributed by atoms with Gasteiger partial charge in [-0.05, 0) is 37.6 Å². The van der Waals surface area contributed by atoms with Gasteiger partial charge in [0.25, 0.3) is 0 Å². The monoisotopic (exact) mass is 351 g/mol. The van der Waals surface area contributed by atoms with Crippen molar-refractivity contribution in [1.82, 2.24) is 4.57 Å². The molecule has 0 unspecified atom stereocenters. The molecule has 4 aromatic rings. The summed E-state index contributed by atoms with van der Waals surface area (Å²) in [7, 11) is 0. The molecule has 0 amide bonds. The van der Waals surface area contributed by atoms with E-state index in [9.17, 15) is 4.79 Å². The zero-order valence-electron chi connectivity index (χ0n) is 15.5. The molecule has 4 rings (SSSR count). The van der Waals surface area contributed by atoms with Crippen LogP contribution in [0.1, 0.15) is 27.2 Å². The molecular weight excluding hydrogens is 330 g/mol. The number of nitrogens with zero attached hydrogens (tertiary/aromatic N) is 1. The van der Waals surface area contributed by atoms with Crippen molar-refractivity contribution in [2.75, 3.05) is 0 Å². The number of aryl methyl sites for hydroxylation is 2. The van der Waals surface area contributed by atoms with Gasteiger partial charge in [-0.2, -0.15) is 0 Å². The summed E-state index contributed by atoms with van der Waals surface area (Å²) < 4.78 is 2.17. The third kappa shape index (κ3) is 3.22. The highest BCUT2D eigenvalue weighted by Gasteiger charge is 2.21. The summed E-state index contributed by atoms with van der Waals surface area (Å²) >= 11 is 0. The number of rotatable bonds is 4. The van der Waals surface area contributed by atoms with E-state index in [1.807, 2.05) is 61.5 Å². The Morgan fingerprint density at radius 3 is 1.96 bits per heavy atom. The number of aromatic nitrogens is 1. The van der Waals surface area contributed by atoms with Crippen LogP contribution in [-0.4, -0.2) is 10.4 Å². The summed E-state index contributed by atoms with van der Waals surface area (Å²) in [5.74, 6) is 0.0448. The van der Waals surface area contributed by atoms with Gasteiger partial charge in [0.05, 0.1) is 5.69 Å². The van der Waals surface area contributed by atoms with Gasteiger partial charge in [-0.3, -0.25) is 4.79 Å². The summed E-state index contributed by atoms with van der Waals surface area (Å²) in [4.78, 5) is 13.3. The number of benzene rings is 3. The van der Waals surface area contributed by atoms with Gasteiger partial charge in [0, 0.05) is 22.5 Å². The van der Waals surface area contributed by atoms with E-state index in [0.717, 1.165) is 28.2 Å². The van der Waals surface area contributed by atoms with Crippen LogP contribution in [0.15, 0.2) is 91.0 Å². The largest absolute Gasteiger partial charge is 0.313 e. The number of hydrogen-bond donors (Lipinski definition) is 0. The Morgan fingerprint density at radius 2 is 1.33 bits per heavy atom. The van der Waals surface area contributed by atoms with Gasteiger partial charge in [-0.1, -0.05) is 78.4 Å². The maximum atomic E-state index is 13.3. The highest BCUT2D eigenvalue weighted by atomic mass is 16.1. The van der Waals surface area contributed by atoms with Gasteiger partial charge in [0.2, 0.25) is 0 Å². The molecule has 0 bridgehead atoms. The van der Waals surface area contributed by atoms with Crippen molar-refractivity contribution in [2.45, 2.75) is 13.8 Å². The fourth-order valence-electron chi connectivity index (χ4n) is 3.46. The predicted molar refractivity (Wildman–Crippen MR) is 111 cm³/mol. The second-order valence-corrected chi connectivity index (χ2v) is 6.78. The van der Waals surface area contributed by atoms with E-state index in [1.165, 1.54) is 5.56 Å². The summed E-state index contributed by atoms with van der Waals surface area (Å²) in [6, 6.07) is 30.0. The van der Waals surface area contributed by atoms with Crippen molar-refractivity contribution in [3.63, 3.8) is 0 Å². The van der Waals surface area contributed by atoms with Crippen molar-refractivity contribution in [2.24, 2.45) is 0 Å². The van der Waals surface area contributed by atoms with Crippen molar-refractivity contribution >= 4 is 5.78 Å². The van der Waals surface area contributed by atoms with E-state index < -0.39 is 0 Å². The highest BCUT2D eigenvalue weighted by molar-refractivity contribution is 6.13. The average molecular weight is 351 g/mol. The molecule has 0 atom stereocenters. The van der Waals surface area contributed by atoms with Crippen LogP contribution in [-0.2, 0) is 0 Å². The molecule has 0 saturated carbocycles. The maximum absolute atomic E-state index is 13.3. The molecular formula is C25H21NO. The first-order valence-electron chi connectivity index (χ1n) is 9.10. The van der Waals surface area contributed by atoms with E-state index in [0.29, 0.717) is 5.56 Å². The Morgan fingerprint density at radius 1 is 0.741 bits per heavy atom. The predicted octanol–water partition coefficient (Wildman–Crippen LogP) is 5.99. The Kier molecular flexibility index (Phi) is 4.47. The standard InChI is InChI=1S/C25H21NO/c1-18-13-15-22(16-14-18)26-19(2)17-23(24(26)20-9-5-3-6-10-20)25(27)21-11-7-4-8-12-21/h3-17H,1-2H3. The summed E-state index contributed by atoms with van der Waals surface area (Å²) in [6.07, 6.45) is 0. The molecule has 0 fully saturated rings. The molecule has 3 aromatic carbocycles. The number of ketones is 1. The minimum Gasteiger partial charge on any atom is -0.313 e. The number of carbonyl (C=O) groups excluding carboxylic acids is 1.